The molecule has 8 nitrogen and oxygen atoms in total. The predicted molar refractivity (Wildman–Crippen MR) is 130 cm³/mol. The first kappa shape index (κ1) is 26.1. The molecule has 1 spiro atoms. The maximum absolute atomic E-state index is 12.4. The molecule has 4 aliphatic carbocycles. The van der Waals surface area contributed by atoms with Gasteiger partial charge in [0.25, 0.3) is 0 Å². The summed E-state index contributed by atoms with van der Waals surface area (Å²) in [5, 5.41) is 31.7. The molecule has 202 valence electrons. The second kappa shape index (κ2) is 8.79. The third kappa shape index (κ3) is 3.62. The monoisotopic (exact) mass is 506 g/mol. The molecule has 0 radical (unpaired) electrons. The second-order valence-corrected chi connectivity index (χ2v) is 12.8. The number of aliphatic hydroxyl groups is 2. The molecule has 3 N–H and O–H groups in total. The van der Waals surface area contributed by atoms with Crippen LogP contribution in [0.5, 0.6) is 0 Å². The van der Waals surface area contributed by atoms with Crippen molar-refractivity contribution in [1.29, 1.82) is 0 Å². The van der Waals surface area contributed by atoms with E-state index in [1.54, 1.807) is 6.92 Å². The van der Waals surface area contributed by atoms with Crippen LogP contribution >= 0.6 is 0 Å². The number of ether oxygens (including phenoxy) is 3. The molecule has 8 heteroatoms. The zero-order chi connectivity index (χ0) is 26.2. The summed E-state index contributed by atoms with van der Waals surface area (Å²) in [6, 6.07) is 0. The number of esters is 1. The van der Waals surface area contributed by atoms with Crippen LogP contribution in [0.4, 0.5) is 0 Å². The first-order valence-corrected chi connectivity index (χ1v) is 13.6. The lowest BCUT2D eigenvalue weighted by Gasteiger charge is -2.64. The lowest BCUT2D eigenvalue weighted by Crippen LogP contribution is -2.62. The average Bonchev–Trinajstić information content (AvgIpc) is 2.99. The van der Waals surface area contributed by atoms with E-state index in [9.17, 15) is 24.9 Å². The van der Waals surface area contributed by atoms with E-state index in [4.69, 9.17) is 14.2 Å². The zero-order valence-corrected chi connectivity index (χ0v) is 21.9. The molecule has 1 saturated heterocycles. The number of carbonyl (C=O) groups excluding carboxylic acids is 1. The van der Waals surface area contributed by atoms with E-state index in [1.807, 2.05) is 6.92 Å². The summed E-state index contributed by atoms with van der Waals surface area (Å²) < 4.78 is 17.8. The van der Waals surface area contributed by atoms with Gasteiger partial charge in [-0.05, 0) is 87.5 Å². The summed E-state index contributed by atoms with van der Waals surface area (Å²) in [5.41, 5.74) is -0.00379. The molecule has 1 heterocycles. The smallest absolute Gasteiger partial charge is 0.309 e. The van der Waals surface area contributed by atoms with Crippen LogP contribution in [0.2, 0.25) is 0 Å². The highest BCUT2D eigenvalue weighted by Crippen LogP contribution is 2.72. The van der Waals surface area contributed by atoms with Gasteiger partial charge in [0.15, 0.2) is 12.4 Å². The number of carboxylic acid groups (broad SMARTS) is 1. The fourth-order valence-electron chi connectivity index (χ4n) is 9.39. The Morgan fingerprint density at radius 1 is 1.06 bits per heavy atom. The van der Waals surface area contributed by atoms with Crippen LogP contribution < -0.4 is 0 Å². The summed E-state index contributed by atoms with van der Waals surface area (Å²) in [4.78, 5) is 24.1. The van der Waals surface area contributed by atoms with Crippen molar-refractivity contribution in [3.63, 3.8) is 0 Å². The summed E-state index contributed by atoms with van der Waals surface area (Å²) >= 11 is 0. The highest BCUT2D eigenvalue weighted by atomic mass is 16.7. The van der Waals surface area contributed by atoms with E-state index in [0.29, 0.717) is 5.92 Å². The molecular weight excluding hydrogens is 464 g/mol. The lowest BCUT2D eigenvalue weighted by atomic mass is 9.40. The van der Waals surface area contributed by atoms with Crippen molar-refractivity contribution in [3.05, 3.63) is 12.2 Å². The molecule has 5 rings (SSSR count). The standard InChI is InChI=1S/C28H42O8/c1-14-17-7-8-19-26(4)10-6-11-27(5,25(32)33)18(26)9-12-28(19,13-17)23(14)36-24-21(31)22(35-16(3)29)20(30)15(2)34-24/h15,17-24,30-31H,1,6-13H2,2-5H3,(H,32,33)/t15-,17+,18-,19-,20+,21-,22+,23+,24+,26+,27+,28+/m0/s1. The Kier molecular flexibility index (Phi) is 6.38. The van der Waals surface area contributed by atoms with Gasteiger partial charge in [0.2, 0.25) is 0 Å². The van der Waals surface area contributed by atoms with Gasteiger partial charge in [0, 0.05) is 12.3 Å². The lowest BCUT2D eigenvalue weighted by molar-refractivity contribution is -0.315. The van der Waals surface area contributed by atoms with Crippen LogP contribution in [0.15, 0.2) is 12.2 Å². The highest BCUT2D eigenvalue weighted by molar-refractivity contribution is 5.75. The normalized spacial score (nSPS) is 52.3. The first-order chi connectivity index (χ1) is 16.8. The van der Waals surface area contributed by atoms with Crippen molar-refractivity contribution in [3.8, 4) is 0 Å². The molecule has 12 atom stereocenters. The number of hydrogen-bond acceptors (Lipinski definition) is 7. The van der Waals surface area contributed by atoms with Crippen molar-refractivity contribution in [2.45, 2.75) is 116 Å². The quantitative estimate of drug-likeness (QED) is 0.392. The number of rotatable bonds is 4. The number of hydrogen-bond donors (Lipinski definition) is 3. The minimum absolute atomic E-state index is 0.109. The Hall–Kier alpha value is -1.48. The largest absolute Gasteiger partial charge is 0.481 e. The van der Waals surface area contributed by atoms with Gasteiger partial charge in [-0.2, -0.15) is 0 Å². The summed E-state index contributed by atoms with van der Waals surface area (Å²) in [5.74, 6) is -0.548. The maximum Gasteiger partial charge on any atom is 0.309 e. The van der Waals surface area contributed by atoms with Crippen LogP contribution in [0.1, 0.15) is 79.1 Å². The first-order valence-electron chi connectivity index (χ1n) is 13.6. The van der Waals surface area contributed by atoms with E-state index < -0.39 is 48.1 Å². The van der Waals surface area contributed by atoms with Gasteiger partial charge in [-0.15, -0.1) is 0 Å². The average molecular weight is 507 g/mol. The van der Waals surface area contributed by atoms with Gasteiger partial charge in [-0.1, -0.05) is 19.9 Å². The van der Waals surface area contributed by atoms with Crippen molar-refractivity contribution >= 4 is 11.9 Å². The summed E-state index contributed by atoms with van der Waals surface area (Å²) in [6.45, 7) is 11.6. The molecular formula is C28H42O8. The van der Waals surface area contributed by atoms with Crippen LogP contribution in [0, 0.1) is 34.0 Å². The highest BCUT2D eigenvalue weighted by Gasteiger charge is 2.68. The van der Waals surface area contributed by atoms with Gasteiger partial charge in [0.1, 0.15) is 12.2 Å². The van der Waals surface area contributed by atoms with E-state index in [1.165, 1.54) is 6.92 Å². The number of aliphatic carboxylic acids is 1. The fraction of sp³-hybridized carbons (Fsp3) is 0.857. The fourth-order valence-corrected chi connectivity index (χ4v) is 9.39. The molecule has 5 aliphatic rings. The van der Waals surface area contributed by atoms with Crippen molar-refractivity contribution < 1.29 is 39.1 Å². The molecule has 5 fully saturated rings. The van der Waals surface area contributed by atoms with E-state index >= 15 is 0 Å². The Morgan fingerprint density at radius 3 is 2.44 bits per heavy atom. The SMILES string of the molecule is C=C1[C@@H]2CC[C@H]3[C@]4(C)CCC[C@@](C)(C(=O)O)[C@H]4CC[C@]3(C2)[C@@H]1O[C@H]1O[C@@H](C)[C@@H](O)[C@@H](OC(C)=O)[C@@H]1O. The second-order valence-electron chi connectivity index (χ2n) is 12.8. The Morgan fingerprint density at radius 2 is 1.78 bits per heavy atom. The number of aliphatic hydroxyl groups excluding tert-OH is 2. The van der Waals surface area contributed by atoms with Crippen molar-refractivity contribution in [2.75, 3.05) is 0 Å². The third-order valence-electron chi connectivity index (χ3n) is 11.0. The van der Waals surface area contributed by atoms with E-state index in [2.05, 4.69) is 13.5 Å². The van der Waals surface area contributed by atoms with E-state index in [0.717, 1.165) is 56.9 Å². The topological polar surface area (TPSA) is 123 Å². The number of carbonyl (C=O) groups is 2. The molecule has 0 aromatic carbocycles. The van der Waals surface area contributed by atoms with Crippen LogP contribution in [-0.2, 0) is 23.8 Å². The molecule has 0 unspecified atom stereocenters. The zero-order valence-electron chi connectivity index (χ0n) is 21.9. The maximum atomic E-state index is 12.4. The molecule has 1 aliphatic heterocycles. The predicted octanol–water partition coefficient (Wildman–Crippen LogP) is 3.43. The Labute approximate surface area is 213 Å². The summed E-state index contributed by atoms with van der Waals surface area (Å²) in [6.07, 6.45) is 1.58. The van der Waals surface area contributed by atoms with Crippen LogP contribution in [-0.4, -0.2) is 64.1 Å². The van der Waals surface area contributed by atoms with Crippen LogP contribution in [0.25, 0.3) is 0 Å². The van der Waals surface area contributed by atoms with Gasteiger partial charge in [0.05, 0.1) is 17.6 Å². The Balaban J connectivity index is 1.46. The van der Waals surface area contributed by atoms with Gasteiger partial charge >= 0.3 is 11.9 Å². The van der Waals surface area contributed by atoms with E-state index in [-0.39, 0.29) is 28.8 Å². The van der Waals surface area contributed by atoms with Gasteiger partial charge in [-0.3, -0.25) is 9.59 Å². The number of fused-ring (bicyclic) bond motifs is 3. The third-order valence-corrected chi connectivity index (χ3v) is 11.0. The minimum Gasteiger partial charge on any atom is -0.481 e. The molecule has 2 bridgehead atoms. The summed E-state index contributed by atoms with van der Waals surface area (Å²) in [7, 11) is 0. The Bertz CT molecular complexity index is 935. The molecule has 0 aromatic rings. The molecule has 4 saturated carbocycles. The van der Waals surface area contributed by atoms with Crippen molar-refractivity contribution in [2.24, 2.45) is 34.0 Å². The van der Waals surface area contributed by atoms with Gasteiger partial charge in [-0.25, -0.2) is 0 Å². The molecule has 0 amide bonds. The molecule has 0 aromatic heterocycles. The molecule has 36 heavy (non-hydrogen) atoms. The van der Waals surface area contributed by atoms with Crippen LogP contribution in [0.3, 0.4) is 0 Å². The van der Waals surface area contributed by atoms with Crippen molar-refractivity contribution in [1.82, 2.24) is 0 Å². The number of carboxylic acids is 1. The minimum atomic E-state index is -1.33. The van der Waals surface area contributed by atoms with Gasteiger partial charge < -0.3 is 29.5 Å².